The van der Waals surface area contributed by atoms with E-state index in [1.807, 2.05) is 20.0 Å². The molecule has 0 radical (unpaired) electrons. The molecule has 1 aliphatic heterocycles. The van der Waals surface area contributed by atoms with Gasteiger partial charge in [-0.05, 0) is 69.3 Å². The Kier molecular flexibility index (Phi) is 5.34. The molecule has 2 unspecified atom stereocenters. The van der Waals surface area contributed by atoms with E-state index in [2.05, 4.69) is 5.32 Å². The average molecular weight is 265 g/mol. The maximum absolute atomic E-state index is 13.3. The Morgan fingerprint density at radius 2 is 2.32 bits per heavy atom. The third-order valence-corrected chi connectivity index (χ3v) is 4.05. The van der Waals surface area contributed by atoms with Crippen LogP contribution in [-0.2, 0) is 11.2 Å². The van der Waals surface area contributed by atoms with Crippen molar-refractivity contribution in [3.8, 4) is 0 Å². The highest BCUT2D eigenvalue weighted by molar-refractivity contribution is 5.27. The average Bonchev–Trinajstić information content (AvgIpc) is 2.91. The van der Waals surface area contributed by atoms with Gasteiger partial charge in [-0.2, -0.15) is 0 Å². The lowest BCUT2D eigenvalue weighted by molar-refractivity contribution is 0.0998. The van der Waals surface area contributed by atoms with E-state index in [1.54, 1.807) is 6.07 Å². The largest absolute Gasteiger partial charge is 0.378 e. The summed E-state index contributed by atoms with van der Waals surface area (Å²) in [6.45, 7) is 2.96. The number of likely N-dealkylation sites (N-methyl/N-ethyl adjacent to an activating group) is 1. The molecule has 1 N–H and O–H groups in total. The number of hydrogen-bond donors (Lipinski definition) is 1. The summed E-state index contributed by atoms with van der Waals surface area (Å²) in [5.41, 5.74) is 2.27. The zero-order valence-electron chi connectivity index (χ0n) is 11.9. The van der Waals surface area contributed by atoms with Crippen LogP contribution in [0.25, 0.3) is 0 Å². The van der Waals surface area contributed by atoms with E-state index in [0.29, 0.717) is 12.1 Å². The molecule has 1 aromatic rings. The topological polar surface area (TPSA) is 21.3 Å². The van der Waals surface area contributed by atoms with Crippen LogP contribution in [0.5, 0.6) is 0 Å². The zero-order chi connectivity index (χ0) is 13.7. The van der Waals surface area contributed by atoms with Crippen LogP contribution in [0.15, 0.2) is 18.2 Å². The summed E-state index contributed by atoms with van der Waals surface area (Å²) < 4.78 is 18.9. The summed E-state index contributed by atoms with van der Waals surface area (Å²) in [5.74, 6) is -0.144. The highest BCUT2D eigenvalue weighted by atomic mass is 19.1. The quantitative estimate of drug-likeness (QED) is 0.852. The number of rotatable bonds is 6. The van der Waals surface area contributed by atoms with Crippen molar-refractivity contribution < 1.29 is 9.13 Å². The molecule has 106 valence electrons. The third-order valence-electron chi connectivity index (χ3n) is 4.05. The smallest absolute Gasteiger partial charge is 0.123 e. The molecule has 1 aromatic carbocycles. The van der Waals surface area contributed by atoms with Crippen LogP contribution in [0.1, 0.15) is 36.8 Å². The van der Waals surface area contributed by atoms with Gasteiger partial charge in [-0.1, -0.05) is 6.07 Å². The summed E-state index contributed by atoms with van der Waals surface area (Å²) in [5, 5.41) is 3.34. The van der Waals surface area contributed by atoms with Gasteiger partial charge >= 0.3 is 0 Å². The van der Waals surface area contributed by atoms with Crippen LogP contribution < -0.4 is 5.32 Å². The van der Waals surface area contributed by atoms with Crippen molar-refractivity contribution in [2.45, 2.75) is 51.2 Å². The summed E-state index contributed by atoms with van der Waals surface area (Å²) >= 11 is 0. The molecule has 1 aliphatic rings. The Labute approximate surface area is 115 Å². The molecular weight excluding hydrogens is 241 g/mol. The first-order valence-corrected chi connectivity index (χ1v) is 7.23. The molecule has 0 saturated carbocycles. The molecule has 0 spiro atoms. The van der Waals surface area contributed by atoms with Crippen LogP contribution in [0.3, 0.4) is 0 Å². The van der Waals surface area contributed by atoms with Crippen molar-refractivity contribution in [1.82, 2.24) is 5.32 Å². The number of benzene rings is 1. The fraction of sp³-hybridized carbons (Fsp3) is 0.625. The minimum absolute atomic E-state index is 0.144. The Morgan fingerprint density at radius 3 is 3.00 bits per heavy atom. The van der Waals surface area contributed by atoms with Gasteiger partial charge in [0.05, 0.1) is 6.10 Å². The van der Waals surface area contributed by atoms with Crippen molar-refractivity contribution in [1.29, 1.82) is 0 Å². The Hall–Kier alpha value is -0.930. The number of ether oxygens (including phenoxy) is 1. The third kappa shape index (κ3) is 4.29. The standard InChI is InChI=1S/C16H24FNO/c1-12-5-6-14(17)10-13(12)11-15(18-2)7-8-16-4-3-9-19-16/h5-6,10,15-16,18H,3-4,7-9,11H2,1-2H3. The molecule has 0 amide bonds. The molecule has 0 bridgehead atoms. The van der Waals surface area contributed by atoms with Crippen LogP contribution >= 0.6 is 0 Å². The molecule has 1 heterocycles. The van der Waals surface area contributed by atoms with Crippen molar-refractivity contribution in [2.75, 3.05) is 13.7 Å². The number of halogens is 1. The number of nitrogens with one attached hydrogen (secondary N) is 1. The first-order valence-electron chi connectivity index (χ1n) is 7.23. The second-order valence-corrected chi connectivity index (χ2v) is 5.47. The van der Waals surface area contributed by atoms with Crippen LogP contribution in [0.4, 0.5) is 4.39 Å². The van der Waals surface area contributed by atoms with E-state index in [4.69, 9.17) is 4.74 Å². The van der Waals surface area contributed by atoms with Crippen molar-refractivity contribution in [3.63, 3.8) is 0 Å². The van der Waals surface area contributed by atoms with Gasteiger partial charge in [0, 0.05) is 12.6 Å². The van der Waals surface area contributed by atoms with E-state index < -0.39 is 0 Å². The monoisotopic (exact) mass is 265 g/mol. The van der Waals surface area contributed by atoms with Crippen LogP contribution in [0.2, 0.25) is 0 Å². The Bertz CT molecular complexity index is 402. The highest BCUT2D eigenvalue weighted by Gasteiger charge is 2.18. The first-order chi connectivity index (χ1) is 9.19. The van der Waals surface area contributed by atoms with Crippen LogP contribution in [0, 0.1) is 12.7 Å². The van der Waals surface area contributed by atoms with Crippen LogP contribution in [-0.4, -0.2) is 25.8 Å². The van der Waals surface area contributed by atoms with Gasteiger partial charge in [-0.25, -0.2) is 4.39 Å². The fourth-order valence-electron chi connectivity index (χ4n) is 2.73. The number of hydrogen-bond acceptors (Lipinski definition) is 2. The molecule has 1 fully saturated rings. The second-order valence-electron chi connectivity index (χ2n) is 5.47. The predicted octanol–water partition coefficient (Wildman–Crippen LogP) is 3.22. The van der Waals surface area contributed by atoms with Gasteiger partial charge < -0.3 is 10.1 Å². The number of aryl methyl sites for hydroxylation is 1. The molecule has 3 heteroatoms. The SMILES string of the molecule is CNC(CCC1CCCO1)Cc1cc(F)ccc1C. The summed E-state index contributed by atoms with van der Waals surface area (Å²) in [4.78, 5) is 0. The summed E-state index contributed by atoms with van der Waals surface area (Å²) in [6.07, 6.45) is 5.88. The van der Waals surface area contributed by atoms with Gasteiger partial charge in [0.2, 0.25) is 0 Å². The van der Waals surface area contributed by atoms with Gasteiger partial charge in [-0.15, -0.1) is 0 Å². The van der Waals surface area contributed by atoms with Crippen molar-refractivity contribution in [3.05, 3.63) is 35.1 Å². The lowest BCUT2D eigenvalue weighted by Gasteiger charge is -2.19. The molecule has 2 rings (SSSR count). The summed E-state index contributed by atoms with van der Waals surface area (Å²) in [6, 6.07) is 5.44. The van der Waals surface area contributed by atoms with E-state index in [0.717, 1.165) is 31.4 Å². The maximum atomic E-state index is 13.3. The molecule has 1 saturated heterocycles. The van der Waals surface area contributed by atoms with E-state index >= 15 is 0 Å². The molecule has 0 aliphatic carbocycles. The Balaban J connectivity index is 1.88. The Morgan fingerprint density at radius 1 is 1.47 bits per heavy atom. The molecular formula is C16H24FNO. The second kappa shape index (κ2) is 7.01. The molecule has 2 nitrogen and oxygen atoms in total. The fourth-order valence-corrected chi connectivity index (χ4v) is 2.73. The first kappa shape index (κ1) is 14.5. The lowest BCUT2D eigenvalue weighted by atomic mass is 9.96. The van der Waals surface area contributed by atoms with Crippen molar-refractivity contribution in [2.24, 2.45) is 0 Å². The van der Waals surface area contributed by atoms with Gasteiger partial charge in [-0.3, -0.25) is 0 Å². The van der Waals surface area contributed by atoms with Gasteiger partial charge in [0.25, 0.3) is 0 Å². The summed E-state index contributed by atoms with van der Waals surface area (Å²) in [7, 11) is 1.98. The van der Waals surface area contributed by atoms with E-state index in [1.165, 1.54) is 24.5 Å². The van der Waals surface area contributed by atoms with E-state index in [9.17, 15) is 4.39 Å². The maximum Gasteiger partial charge on any atom is 0.123 e. The molecule has 0 aromatic heterocycles. The highest BCUT2D eigenvalue weighted by Crippen LogP contribution is 2.20. The van der Waals surface area contributed by atoms with Gasteiger partial charge in [0.15, 0.2) is 0 Å². The molecule has 19 heavy (non-hydrogen) atoms. The normalized spacial score (nSPS) is 20.7. The predicted molar refractivity (Wildman–Crippen MR) is 75.9 cm³/mol. The minimum Gasteiger partial charge on any atom is -0.378 e. The molecule has 2 atom stereocenters. The lowest BCUT2D eigenvalue weighted by Crippen LogP contribution is -2.29. The van der Waals surface area contributed by atoms with Crippen molar-refractivity contribution >= 4 is 0 Å². The minimum atomic E-state index is -0.144. The van der Waals surface area contributed by atoms with Gasteiger partial charge in [0.1, 0.15) is 5.82 Å². The van der Waals surface area contributed by atoms with E-state index in [-0.39, 0.29) is 5.82 Å². The zero-order valence-corrected chi connectivity index (χ0v) is 11.9.